The van der Waals surface area contributed by atoms with Crippen LogP contribution in [0.2, 0.25) is 0 Å². The van der Waals surface area contributed by atoms with Gasteiger partial charge in [-0.05, 0) is 57.7 Å². The number of esters is 1. The summed E-state index contributed by atoms with van der Waals surface area (Å²) < 4.78 is 11.3. The number of nitrogens with zero attached hydrogens (tertiary/aromatic N) is 1. The fraction of sp³-hybridized carbons (Fsp3) is 0.286. The van der Waals surface area contributed by atoms with Crippen LogP contribution in [0.1, 0.15) is 18.4 Å². The van der Waals surface area contributed by atoms with Crippen LogP contribution in [0.5, 0.6) is 5.75 Å². The Kier molecular flexibility index (Phi) is 6.32. The van der Waals surface area contributed by atoms with E-state index in [-0.39, 0.29) is 30.3 Å². The molecule has 0 spiro atoms. The Balaban J connectivity index is 1.60. The van der Waals surface area contributed by atoms with Gasteiger partial charge in [-0.15, -0.1) is 0 Å². The van der Waals surface area contributed by atoms with Crippen LogP contribution in [-0.4, -0.2) is 31.6 Å². The van der Waals surface area contributed by atoms with Crippen molar-refractivity contribution in [3.63, 3.8) is 0 Å². The maximum atomic E-state index is 12.0. The lowest BCUT2D eigenvalue weighted by atomic mass is 10.0. The first-order chi connectivity index (χ1) is 13.5. The van der Waals surface area contributed by atoms with Crippen LogP contribution in [0.3, 0.4) is 0 Å². The number of hydrogen-bond acceptors (Lipinski definition) is 5. The quantitative estimate of drug-likeness (QED) is 0.692. The minimum Gasteiger partial charge on any atom is -0.490 e. The molecule has 2 aromatic rings. The molecule has 6 nitrogen and oxygen atoms in total. The lowest BCUT2D eigenvalue weighted by Gasteiger charge is -2.14. The van der Waals surface area contributed by atoms with E-state index in [1.54, 1.807) is 12.1 Å². The second-order valence-corrected chi connectivity index (χ2v) is 7.42. The van der Waals surface area contributed by atoms with Crippen LogP contribution in [0.15, 0.2) is 46.9 Å². The smallest absolute Gasteiger partial charge is 0.306 e. The molecule has 0 unspecified atom stereocenters. The number of carbonyl (C=O) groups excluding carboxylic acids is 2. The lowest BCUT2D eigenvalue weighted by Crippen LogP contribution is -2.31. The molecule has 2 atom stereocenters. The molecule has 0 aliphatic carbocycles. The molecule has 1 aliphatic rings. The van der Waals surface area contributed by atoms with Gasteiger partial charge in [-0.1, -0.05) is 18.2 Å². The summed E-state index contributed by atoms with van der Waals surface area (Å²) in [5.41, 5.74) is 2.61. The molecule has 1 aliphatic heterocycles. The van der Waals surface area contributed by atoms with Crippen molar-refractivity contribution in [2.24, 2.45) is 5.92 Å². The van der Waals surface area contributed by atoms with Crippen molar-refractivity contribution in [3.8, 4) is 22.9 Å². The molecule has 7 heteroatoms. The summed E-state index contributed by atoms with van der Waals surface area (Å²) in [5.74, 6) is -0.233. The van der Waals surface area contributed by atoms with E-state index >= 15 is 0 Å². The highest BCUT2D eigenvalue weighted by molar-refractivity contribution is 9.10. The summed E-state index contributed by atoms with van der Waals surface area (Å²) in [7, 11) is 1.31. The van der Waals surface area contributed by atoms with Gasteiger partial charge in [0, 0.05) is 0 Å². The number of halogens is 1. The number of amides is 1. The molecule has 1 amide bonds. The minimum atomic E-state index is -0.386. The Hall–Kier alpha value is -2.85. The third-order valence-electron chi connectivity index (χ3n) is 4.65. The Morgan fingerprint density at radius 1 is 1.25 bits per heavy atom. The summed E-state index contributed by atoms with van der Waals surface area (Å²) in [5, 5.41) is 11.8. The largest absolute Gasteiger partial charge is 0.490 e. The summed E-state index contributed by atoms with van der Waals surface area (Å²) in [6, 6.07) is 15.1. The van der Waals surface area contributed by atoms with Gasteiger partial charge < -0.3 is 14.8 Å². The fourth-order valence-electron chi connectivity index (χ4n) is 3.12. The van der Waals surface area contributed by atoms with Crippen LogP contribution in [0.4, 0.5) is 0 Å². The highest BCUT2D eigenvalue weighted by atomic mass is 79.9. The number of benzene rings is 2. The zero-order chi connectivity index (χ0) is 20.1. The van der Waals surface area contributed by atoms with Crippen LogP contribution in [-0.2, 0) is 14.3 Å². The molecule has 3 rings (SSSR count). The van der Waals surface area contributed by atoms with Gasteiger partial charge in [0.05, 0.1) is 41.6 Å². The second kappa shape index (κ2) is 8.89. The molecule has 1 fully saturated rings. The molecule has 1 heterocycles. The molecular weight excluding hydrogens is 424 g/mol. The number of nitriles is 1. The molecule has 2 aromatic carbocycles. The molecular formula is C21H19BrN2O4. The van der Waals surface area contributed by atoms with Gasteiger partial charge in [0.2, 0.25) is 5.91 Å². The van der Waals surface area contributed by atoms with E-state index in [2.05, 4.69) is 32.1 Å². The molecule has 1 N–H and O–H groups in total. The first-order valence-corrected chi connectivity index (χ1v) is 9.59. The zero-order valence-electron chi connectivity index (χ0n) is 15.3. The lowest BCUT2D eigenvalue weighted by molar-refractivity contribution is -0.143. The molecule has 0 saturated carbocycles. The molecule has 0 bridgehead atoms. The zero-order valence-corrected chi connectivity index (χ0v) is 16.9. The van der Waals surface area contributed by atoms with E-state index in [0.29, 0.717) is 24.3 Å². The molecule has 1 saturated heterocycles. The molecule has 0 radical (unpaired) electrons. The molecule has 0 aromatic heterocycles. The van der Waals surface area contributed by atoms with Crippen molar-refractivity contribution in [3.05, 3.63) is 52.5 Å². The van der Waals surface area contributed by atoms with Gasteiger partial charge >= 0.3 is 5.97 Å². The van der Waals surface area contributed by atoms with Crippen LogP contribution in [0, 0.1) is 17.2 Å². The summed E-state index contributed by atoms with van der Waals surface area (Å²) in [6.45, 7) is 0.318. The SMILES string of the molecule is COC(=O)C[C@H]1C[C@@H](COc2ccc(-c3ccc(C#N)cc3)cc2Br)NC1=O. The predicted octanol–water partition coefficient (Wildman–Crippen LogP) is 3.43. The third kappa shape index (κ3) is 4.70. The van der Waals surface area contributed by atoms with E-state index in [1.807, 2.05) is 30.3 Å². The number of nitrogens with one attached hydrogen (secondary N) is 1. The predicted molar refractivity (Wildman–Crippen MR) is 106 cm³/mol. The van der Waals surface area contributed by atoms with Crippen molar-refractivity contribution in [1.82, 2.24) is 5.32 Å². The van der Waals surface area contributed by atoms with E-state index in [0.717, 1.165) is 15.6 Å². The number of ether oxygens (including phenoxy) is 2. The third-order valence-corrected chi connectivity index (χ3v) is 5.27. The normalized spacial score (nSPS) is 18.2. The van der Waals surface area contributed by atoms with E-state index in [1.165, 1.54) is 7.11 Å². The van der Waals surface area contributed by atoms with Crippen molar-refractivity contribution in [2.45, 2.75) is 18.9 Å². The van der Waals surface area contributed by atoms with E-state index < -0.39 is 0 Å². The van der Waals surface area contributed by atoms with Gasteiger partial charge in [-0.2, -0.15) is 5.26 Å². The summed E-state index contributed by atoms with van der Waals surface area (Å²) in [6.07, 6.45) is 0.622. The van der Waals surface area contributed by atoms with Crippen molar-refractivity contribution in [1.29, 1.82) is 5.26 Å². The van der Waals surface area contributed by atoms with Crippen molar-refractivity contribution < 1.29 is 19.1 Å². The highest BCUT2D eigenvalue weighted by Gasteiger charge is 2.34. The summed E-state index contributed by atoms with van der Waals surface area (Å²) in [4.78, 5) is 23.3. The second-order valence-electron chi connectivity index (χ2n) is 6.56. The van der Waals surface area contributed by atoms with E-state index in [4.69, 9.17) is 10.00 Å². The number of carbonyl (C=O) groups is 2. The maximum absolute atomic E-state index is 12.0. The molecule has 28 heavy (non-hydrogen) atoms. The summed E-state index contributed by atoms with van der Waals surface area (Å²) >= 11 is 3.52. The van der Waals surface area contributed by atoms with Crippen LogP contribution >= 0.6 is 15.9 Å². The Labute approximate surface area is 171 Å². The van der Waals surface area contributed by atoms with Crippen LogP contribution in [0.25, 0.3) is 11.1 Å². The van der Waals surface area contributed by atoms with Crippen molar-refractivity contribution >= 4 is 27.8 Å². The van der Waals surface area contributed by atoms with E-state index in [9.17, 15) is 9.59 Å². The van der Waals surface area contributed by atoms with Crippen molar-refractivity contribution in [2.75, 3.05) is 13.7 Å². The standard InChI is InChI=1S/C21H19BrN2O4/c1-27-20(25)10-16-8-17(24-21(16)26)12-28-19-7-6-15(9-18(19)22)14-4-2-13(11-23)3-5-14/h2-7,9,16-17H,8,10,12H2,1H3,(H,24,26)/t16-,17+/m1/s1. The molecule has 144 valence electrons. The fourth-order valence-corrected chi connectivity index (χ4v) is 3.62. The van der Waals surface area contributed by atoms with Gasteiger partial charge in [-0.25, -0.2) is 0 Å². The Bertz CT molecular complexity index is 921. The average Bonchev–Trinajstić information content (AvgIpc) is 3.06. The number of hydrogen-bond donors (Lipinski definition) is 1. The van der Waals surface area contributed by atoms with Gasteiger partial charge in [0.15, 0.2) is 0 Å². The minimum absolute atomic E-state index is 0.0851. The monoisotopic (exact) mass is 442 g/mol. The van der Waals surface area contributed by atoms with Crippen LogP contribution < -0.4 is 10.1 Å². The Morgan fingerprint density at radius 3 is 2.61 bits per heavy atom. The number of rotatable bonds is 6. The number of methoxy groups -OCH3 is 1. The highest BCUT2D eigenvalue weighted by Crippen LogP contribution is 2.31. The first kappa shape index (κ1) is 19.9. The van der Waals surface area contributed by atoms with Gasteiger partial charge in [0.1, 0.15) is 12.4 Å². The van der Waals surface area contributed by atoms with Gasteiger partial charge in [-0.3, -0.25) is 9.59 Å². The Morgan fingerprint density at radius 2 is 1.96 bits per heavy atom. The topological polar surface area (TPSA) is 88.4 Å². The average molecular weight is 443 g/mol. The van der Waals surface area contributed by atoms with Gasteiger partial charge in [0.25, 0.3) is 0 Å². The first-order valence-electron chi connectivity index (χ1n) is 8.80. The maximum Gasteiger partial charge on any atom is 0.306 e.